The van der Waals surface area contributed by atoms with E-state index in [0.29, 0.717) is 24.7 Å². The highest BCUT2D eigenvalue weighted by atomic mass is 32.2. The molecule has 0 amide bonds. The van der Waals surface area contributed by atoms with Crippen molar-refractivity contribution in [1.82, 2.24) is 10.1 Å². The summed E-state index contributed by atoms with van der Waals surface area (Å²) in [5, 5.41) is 14.1. The Labute approximate surface area is 190 Å². The lowest BCUT2D eigenvalue weighted by molar-refractivity contribution is 0.142. The van der Waals surface area contributed by atoms with Crippen molar-refractivity contribution >= 4 is 23.5 Å². The molecule has 1 spiro atoms. The van der Waals surface area contributed by atoms with Gasteiger partial charge < -0.3 is 28.7 Å². The molecule has 3 heterocycles. The molecule has 8 nitrogen and oxygen atoms in total. The Bertz CT molecular complexity index is 1160. The largest absolute Gasteiger partial charge is 0.495 e. The molecule has 2 fully saturated rings. The van der Waals surface area contributed by atoms with E-state index in [0.717, 1.165) is 39.7 Å². The Kier molecular flexibility index (Phi) is 4.51. The fourth-order valence-corrected chi connectivity index (χ4v) is 5.59. The lowest BCUT2D eigenvalue weighted by Crippen LogP contribution is -2.50. The third kappa shape index (κ3) is 3.02. The van der Waals surface area contributed by atoms with E-state index >= 15 is 0 Å². The standard InChI is InChI=1S/C23H24N4O4S/c1-29-18-5-8-24-22(30-2)20(18)32-26-21-16-10-23(6-7-23)17-4-3-13(27-11-14(28)12-27)9-15(17)19(16)31-25-21/h3-5,8-9,14,28H,6-7,10-12H2,1-2H3,(H,25,26). The zero-order valence-corrected chi connectivity index (χ0v) is 18.7. The van der Waals surface area contributed by atoms with E-state index < -0.39 is 0 Å². The number of aliphatic hydroxyl groups is 1. The van der Waals surface area contributed by atoms with Gasteiger partial charge in [0, 0.05) is 41.5 Å². The maximum Gasteiger partial charge on any atom is 0.232 e. The van der Waals surface area contributed by atoms with Crippen LogP contribution in [-0.4, -0.2) is 48.7 Å². The Morgan fingerprint density at radius 3 is 2.78 bits per heavy atom. The SMILES string of the molecule is COc1ccnc(OC)c1SNc1noc2c1CC1(CC1)c1ccc(N3CC(O)C3)cc1-2. The third-order valence-corrected chi connectivity index (χ3v) is 7.58. The number of nitrogens with zero attached hydrogens (tertiary/aromatic N) is 3. The van der Waals surface area contributed by atoms with Gasteiger partial charge in [-0.05, 0) is 55.0 Å². The molecule has 0 bridgehead atoms. The van der Waals surface area contributed by atoms with Crippen LogP contribution in [-0.2, 0) is 11.8 Å². The maximum absolute atomic E-state index is 9.70. The van der Waals surface area contributed by atoms with Gasteiger partial charge in [0.25, 0.3) is 0 Å². The van der Waals surface area contributed by atoms with Gasteiger partial charge in [0.05, 0.1) is 20.3 Å². The highest BCUT2D eigenvalue weighted by Gasteiger charge is 2.50. The number of pyridine rings is 1. The molecule has 1 saturated carbocycles. The number of nitrogens with one attached hydrogen (secondary N) is 1. The van der Waals surface area contributed by atoms with Crippen molar-refractivity contribution in [2.24, 2.45) is 0 Å². The van der Waals surface area contributed by atoms with Gasteiger partial charge in [0.2, 0.25) is 5.88 Å². The molecule has 1 aromatic carbocycles. The van der Waals surface area contributed by atoms with Crippen molar-refractivity contribution in [3.8, 4) is 23.0 Å². The van der Waals surface area contributed by atoms with Gasteiger partial charge in [-0.1, -0.05) is 11.2 Å². The van der Waals surface area contributed by atoms with E-state index in [9.17, 15) is 5.11 Å². The Balaban J connectivity index is 1.33. The first-order chi connectivity index (χ1) is 15.6. The normalized spacial score (nSPS) is 18.0. The van der Waals surface area contributed by atoms with E-state index in [2.05, 4.69) is 38.0 Å². The monoisotopic (exact) mass is 452 g/mol. The number of hydrogen-bond acceptors (Lipinski definition) is 9. The van der Waals surface area contributed by atoms with Crippen molar-refractivity contribution in [2.45, 2.75) is 35.7 Å². The van der Waals surface area contributed by atoms with E-state index in [1.807, 2.05) is 0 Å². The summed E-state index contributed by atoms with van der Waals surface area (Å²) in [6.07, 6.45) is 4.66. The number of aliphatic hydroxyl groups excluding tert-OH is 1. The minimum Gasteiger partial charge on any atom is -0.495 e. The van der Waals surface area contributed by atoms with Gasteiger partial charge in [-0.3, -0.25) is 0 Å². The lowest BCUT2D eigenvalue weighted by Gasteiger charge is -2.38. The molecule has 2 N–H and O–H groups in total. The molecule has 166 valence electrons. The van der Waals surface area contributed by atoms with Crippen LogP contribution in [0.1, 0.15) is 24.0 Å². The van der Waals surface area contributed by atoms with Gasteiger partial charge in [-0.15, -0.1) is 0 Å². The number of β-amino-alcohol motifs (C(OH)–C–C–N with tert-alkyl or cyclic N) is 1. The summed E-state index contributed by atoms with van der Waals surface area (Å²) in [7, 11) is 3.21. The predicted octanol–water partition coefficient (Wildman–Crippen LogP) is 3.64. The number of aromatic nitrogens is 2. The molecule has 3 aliphatic rings. The number of benzene rings is 1. The number of methoxy groups -OCH3 is 2. The highest BCUT2D eigenvalue weighted by Crippen LogP contribution is 2.59. The van der Waals surface area contributed by atoms with Crippen LogP contribution in [0.2, 0.25) is 0 Å². The van der Waals surface area contributed by atoms with Gasteiger partial charge in [-0.25, -0.2) is 4.98 Å². The molecule has 2 aliphatic carbocycles. The molecule has 0 unspecified atom stereocenters. The highest BCUT2D eigenvalue weighted by molar-refractivity contribution is 8.00. The number of hydrogen-bond donors (Lipinski definition) is 2. The molecule has 6 rings (SSSR count). The average Bonchev–Trinajstić information content (AvgIpc) is 3.45. The van der Waals surface area contributed by atoms with Crippen LogP contribution in [0.5, 0.6) is 11.6 Å². The smallest absolute Gasteiger partial charge is 0.232 e. The molecule has 0 radical (unpaired) electrons. The topological polar surface area (TPSA) is 92.9 Å². The minimum absolute atomic E-state index is 0.172. The number of anilines is 2. The molecule has 32 heavy (non-hydrogen) atoms. The Morgan fingerprint density at radius 2 is 2.06 bits per heavy atom. The fraction of sp³-hybridized carbons (Fsp3) is 0.391. The van der Waals surface area contributed by atoms with E-state index in [1.54, 1.807) is 26.5 Å². The van der Waals surface area contributed by atoms with Crippen LogP contribution in [0, 0.1) is 0 Å². The van der Waals surface area contributed by atoms with E-state index in [4.69, 9.17) is 14.0 Å². The van der Waals surface area contributed by atoms with E-state index in [-0.39, 0.29) is 11.5 Å². The summed E-state index contributed by atoms with van der Waals surface area (Å²) in [5.74, 6) is 2.72. The summed E-state index contributed by atoms with van der Waals surface area (Å²) in [4.78, 5) is 7.21. The fourth-order valence-electron chi connectivity index (χ4n) is 4.75. The number of fused-ring (bicyclic) bond motifs is 4. The molecule has 2 aromatic heterocycles. The summed E-state index contributed by atoms with van der Waals surface area (Å²) >= 11 is 1.36. The lowest BCUT2D eigenvalue weighted by atomic mass is 9.79. The number of rotatable bonds is 6. The third-order valence-electron chi connectivity index (χ3n) is 6.70. The minimum atomic E-state index is -0.240. The predicted molar refractivity (Wildman–Crippen MR) is 122 cm³/mol. The molecule has 1 saturated heterocycles. The van der Waals surface area contributed by atoms with Crippen molar-refractivity contribution in [2.75, 3.05) is 36.9 Å². The van der Waals surface area contributed by atoms with Crippen LogP contribution in [0.4, 0.5) is 11.5 Å². The first-order valence-electron chi connectivity index (χ1n) is 10.7. The van der Waals surface area contributed by atoms with Gasteiger partial charge in [-0.2, -0.15) is 0 Å². The first-order valence-corrected chi connectivity index (χ1v) is 11.5. The van der Waals surface area contributed by atoms with Crippen molar-refractivity contribution in [3.63, 3.8) is 0 Å². The van der Waals surface area contributed by atoms with Crippen LogP contribution in [0.25, 0.3) is 11.3 Å². The molecule has 9 heteroatoms. The van der Waals surface area contributed by atoms with Gasteiger partial charge in [0.1, 0.15) is 10.6 Å². The molecule has 0 atom stereocenters. The van der Waals surface area contributed by atoms with Crippen molar-refractivity contribution in [1.29, 1.82) is 0 Å². The summed E-state index contributed by atoms with van der Waals surface area (Å²) in [6.45, 7) is 1.34. The second kappa shape index (κ2) is 7.31. The Hall–Kier alpha value is -2.91. The second-order valence-electron chi connectivity index (χ2n) is 8.64. The number of ether oxygens (including phenoxy) is 2. The average molecular weight is 453 g/mol. The zero-order valence-electron chi connectivity index (χ0n) is 17.9. The van der Waals surface area contributed by atoms with Crippen LogP contribution < -0.4 is 19.1 Å². The maximum atomic E-state index is 9.70. The van der Waals surface area contributed by atoms with Gasteiger partial charge in [0.15, 0.2) is 11.6 Å². The van der Waals surface area contributed by atoms with Crippen molar-refractivity contribution < 1.29 is 19.1 Å². The van der Waals surface area contributed by atoms with Crippen LogP contribution in [0.3, 0.4) is 0 Å². The van der Waals surface area contributed by atoms with Crippen LogP contribution in [0.15, 0.2) is 39.9 Å². The van der Waals surface area contributed by atoms with Crippen LogP contribution >= 0.6 is 11.9 Å². The molecular formula is C23H24N4O4S. The van der Waals surface area contributed by atoms with Crippen molar-refractivity contribution in [3.05, 3.63) is 41.6 Å². The Morgan fingerprint density at radius 1 is 1.22 bits per heavy atom. The zero-order chi connectivity index (χ0) is 21.9. The molecule has 1 aliphatic heterocycles. The van der Waals surface area contributed by atoms with Gasteiger partial charge >= 0.3 is 0 Å². The molecular weight excluding hydrogens is 428 g/mol. The second-order valence-corrected chi connectivity index (χ2v) is 9.46. The first kappa shape index (κ1) is 19.8. The summed E-state index contributed by atoms with van der Waals surface area (Å²) < 4.78 is 20.1. The molecule has 3 aromatic rings. The summed E-state index contributed by atoms with van der Waals surface area (Å²) in [6, 6.07) is 8.40. The van der Waals surface area contributed by atoms with E-state index in [1.165, 1.54) is 30.4 Å². The summed E-state index contributed by atoms with van der Waals surface area (Å²) in [5.41, 5.74) is 4.85. The quantitative estimate of drug-likeness (QED) is 0.544.